The van der Waals surface area contributed by atoms with Crippen LogP contribution in [0, 0.1) is 0 Å². The third kappa shape index (κ3) is 6.99. The van der Waals surface area contributed by atoms with E-state index in [0.29, 0.717) is 0 Å². The molecule has 0 rings (SSSR count). The number of ether oxygens (including phenoxy) is 2. The van der Waals surface area contributed by atoms with Gasteiger partial charge in [0.05, 0.1) is 13.7 Å². The minimum absolute atomic E-state index is 0.354. The molecule has 0 aromatic carbocycles. The van der Waals surface area contributed by atoms with Crippen LogP contribution in [0.5, 0.6) is 0 Å². The van der Waals surface area contributed by atoms with Gasteiger partial charge in [-0.25, -0.2) is 4.79 Å². The maximum absolute atomic E-state index is 10.6. The predicted octanol–water partition coefficient (Wildman–Crippen LogP) is -0.674. The normalized spacial score (nSPS) is 17.1. The van der Waals surface area contributed by atoms with E-state index in [1.54, 1.807) is 0 Å². The van der Waals surface area contributed by atoms with Gasteiger partial charge in [0.15, 0.2) is 12.9 Å². The van der Waals surface area contributed by atoms with Gasteiger partial charge in [-0.05, 0) is 0 Å². The maximum atomic E-state index is 10.6. The number of hydrogen-bond donors (Lipinski definition) is 2. The number of aliphatic hydroxyl groups excluding tert-OH is 1. The third-order valence-corrected chi connectivity index (χ3v) is 1.71. The number of methoxy groups -OCH3 is 1. The molecule has 0 spiro atoms. The first-order valence-corrected chi connectivity index (χ1v) is 5.67. The number of carbonyl (C=O) groups excluding carboxylic acids is 1. The lowest BCUT2D eigenvalue weighted by Gasteiger charge is -2.10. The van der Waals surface area contributed by atoms with Crippen LogP contribution in [0.2, 0.25) is 0 Å². The van der Waals surface area contributed by atoms with Crippen LogP contribution in [-0.2, 0) is 23.4 Å². The van der Waals surface area contributed by atoms with E-state index in [-0.39, 0.29) is 6.61 Å². The molecule has 2 N–H and O–H groups in total. The van der Waals surface area contributed by atoms with Gasteiger partial charge in [-0.3, -0.25) is 9.09 Å². The van der Waals surface area contributed by atoms with Gasteiger partial charge >= 0.3 is 13.6 Å². The molecular weight excluding hydrogens is 215 g/mol. The summed E-state index contributed by atoms with van der Waals surface area (Å²) in [4.78, 5) is 19.2. The van der Waals surface area contributed by atoms with Gasteiger partial charge in [0.25, 0.3) is 0 Å². The Hall–Kier alpha value is -0.460. The Bertz CT molecular complexity index is 222. The van der Waals surface area contributed by atoms with Crippen molar-refractivity contribution in [2.45, 2.75) is 6.10 Å². The van der Waals surface area contributed by atoms with E-state index >= 15 is 0 Å². The minimum Gasteiger partial charge on any atom is -0.467 e. The quantitative estimate of drug-likeness (QED) is 0.269. The first-order chi connectivity index (χ1) is 6.37. The van der Waals surface area contributed by atoms with E-state index < -0.39 is 26.5 Å². The molecule has 0 amide bonds. The van der Waals surface area contributed by atoms with Crippen molar-refractivity contribution in [2.24, 2.45) is 0 Å². The standard InChI is InChI=1S/C6H13O7P/c1-11-6(8)5(7)3-12-4-13-14(2,9)10/h5,7H,3-4H2,1-2H3,(H,9,10). The van der Waals surface area contributed by atoms with E-state index in [1.165, 1.54) is 0 Å². The highest BCUT2D eigenvalue weighted by atomic mass is 31.2. The third-order valence-electron chi connectivity index (χ3n) is 1.12. The van der Waals surface area contributed by atoms with Crippen LogP contribution in [0.3, 0.4) is 0 Å². The van der Waals surface area contributed by atoms with Crippen LogP contribution >= 0.6 is 7.60 Å². The van der Waals surface area contributed by atoms with Gasteiger partial charge in [-0.1, -0.05) is 0 Å². The summed E-state index contributed by atoms with van der Waals surface area (Å²) in [6.07, 6.45) is -1.42. The van der Waals surface area contributed by atoms with Crippen LogP contribution in [0.1, 0.15) is 0 Å². The molecule has 0 aliphatic carbocycles. The largest absolute Gasteiger partial charge is 0.467 e. The van der Waals surface area contributed by atoms with Crippen molar-refractivity contribution in [2.75, 3.05) is 27.2 Å². The number of carbonyl (C=O) groups is 1. The van der Waals surface area contributed by atoms with Gasteiger partial charge < -0.3 is 19.5 Å². The molecule has 84 valence electrons. The zero-order chi connectivity index (χ0) is 11.2. The van der Waals surface area contributed by atoms with Crippen LogP contribution in [0.15, 0.2) is 0 Å². The van der Waals surface area contributed by atoms with E-state index in [0.717, 1.165) is 13.8 Å². The highest BCUT2D eigenvalue weighted by Crippen LogP contribution is 2.35. The second-order valence-corrected chi connectivity index (χ2v) is 4.32. The molecule has 0 radical (unpaired) electrons. The number of hydrogen-bond acceptors (Lipinski definition) is 6. The molecule has 0 saturated heterocycles. The van der Waals surface area contributed by atoms with Gasteiger partial charge in [0.2, 0.25) is 0 Å². The molecule has 2 unspecified atom stereocenters. The fraction of sp³-hybridized carbons (Fsp3) is 0.833. The molecule has 14 heavy (non-hydrogen) atoms. The van der Waals surface area contributed by atoms with Crippen molar-refractivity contribution in [1.29, 1.82) is 0 Å². The van der Waals surface area contributed by atoms with Crippen LogP contribution in [0.4, 0.5) is 0 Å². The molecule has 0 saturated carbocycles. The fourth-order valence-electron chi connectivity index (χ4n) is 0.499. The van der Waals surface area contributed by atoms with Crippen LogP contribution < -0.4 is 0 Å². The smallest absolute Gasteiger partial charge is 0.337 e. The number of esters is 1. The molecular formula is C6H13O7P. The summed E-state index contributed by atoms with van der Waals surface area (Å²) < 4.78 is 23.7. The summed E-state index contributed by atoms with van der Waals surface area (Å²) >= 11 is 0. The van der Waals surface area contributed by atoms with Crippen LogP contribution in [-0.4, -0.2) is 49.2 Å². The van der Waals surface area contributed by atoms with Crippen molar-refractivity contribution >= 4 is 13.6 Å². The average Bonchev–Trinajstić information content (AvgIpc) is 2.09. The van der Waals surface area contributed by atoms with Gasteiger partial charge in [0.1, 0.15) is 0 Å². The molecule has 0 heterocycles. The van der Waals surface area contributed by atoms with E-state index in [4.69, 9.17) is 10.00 Å². The van der Waals surface area contributed by atoms with E-state index in [1.807, 2.05) is 0 Å². The van der Waals surface area contributed by atoms with Crippen molar-refractivity contribution in [3.63, 3.8) is 0 Å². The fourth-order valence-corrected chi connectivity index (χ4v) is 0.769. The maximum Gasteiger partial charge on any atom is 0.337 e. The van der Waals surface area contributed by atoms with Gasteiger partial charge in [-0.15, -0.1) is 0 Å². The summed E-state index contributed by atoms with van der Waals surface area (Å²) in [7, 11) is -2.46. The van der Waals surface area contributed by atoms with E-state index in [9.17, 15) is 9.36 Å². The number of rotatable bonds is 6. The molecule has 0 fully saturated rings. The average molecular weight is 228 g/mol. The summed E-state index contributed by atoms with van der Waals surface area (Å²) in [5.41, 5.74) is 0. The van der Waals surface area contributed by atoms with Crippen molar-refractivity contribution in [1.82, 2.24) is 0 Å². The highest BCUT2D eigenvalue weighted by molar-refractivity contribution is 7.51. The zero-order valence-corrected chi connectivity index (χ0v) is 8.77. The van der Waals surface area contributed by atoms with Gasteiger partial charge in [0, 0.05) is 6.66 Å². The zero-order valence-electron chi connectivity index (χ0n) is 7.87. The Morgan fingerprint density at radius 1 is 1.57 bits per heavy atom. The van der Waals surface area contributed by atoms with E-state index in [2.05, 4.69) is 14.0 Å². The lowest BCUT2D eigenvalue weighted by atomic mass is 10.4. The molecule has 0 bridgehead atoms. The molecule has 0 aromatic rings. The first kappa shape index (κ1) is 13.5. The minimum atomic E-state index is -3.58. The van der Waals surface area contributed by atoms with Crippen LogP contribution in [0.25, 0.3) is 0 Å². The lowest BCUT2D eigenvalue weighted by molar-refractivity contribution is -0.155. The molecule has 2 atom stereocenters. The monoisotopic (exact) mass is 228 g/mol. The van der Waals surface area contributed by atoms with Gasteiger partial charge in [-0.2, -0.15) is 0 Å². The highest BCUT2D eigenvalue weighted by Gasteiger charge is 2.16. The predicted molar refractivity (Wildman–Crippen MR) is 45.7 cm³/mol. The molecule has 8 heteroatoms. The molecule has 0 aromatic heterocycles. The Kier molecular flexibility index (Phi) is 5.90. The second-order valence-electron chi connectivity index (χ2n) is 2.46. The van der Waals surface area contributed by atoms with Crippen molar-refractivity contribution < 1.29 is 33.4 Å². The summed E-state index contributed by atoms with van der Waals surface area (Å²) in [6.45, 7) is 0.165. The molecule has 7 nitrogen and oxygen atoms in total. The Balaban J connectivity index is 3.55. The Morgan fingerprint density at radius 2 is 2.14 bits per heavy atom. The SMILES string of the molecule is COC(=O)C(O)COCOP(C)(=O)O. The first-order valence-electron chi connectivity index (χ1n) is 3.65. The molecule has 0 aliphatic heterocycles. The number of aliphatic hydroxyl groups is 1. The summed E-state index contributed by atoms with van der Waals surface area (Å²) in [6, 6.07) is 0. The Labute approximate surface area is 81.1 Å². The van der Waals surface area contributed by atoms with Crippen molar-refractivity contribution in [3.8, 4) is 0 Å². The lowest BCUT2D eigenvalue weighted by Crippen LogP contribution is -2.27. The molecule has 0 aliphatic rings. The summed E-state index contributed by atoms with van der Waals surface area (Å²) in [5.74, 6) is -0.839. The second kappa shape index (κ2) is 6.10. The van der Waals surface area contributed by atoms with Crippen molar-refractivity contribution in [3.05, 3.63) is 0 Å². The topological polar surface area (TPSA) is 102 Å². The summed E-state index contributed by atoms with van der Waals surface area (Å²) in [5, 5.41) is 8.96. The Morgan fingerprint density at radius 3 is 2.57 bits per heavy atom.